The Bertz CT molecular complexity index is 908. The van der Waals surface area contributed by atoms with E-state index in [0.717, 1.165) is 5.56 Å². The fourth-order valence-electron chi connectivity index (χ4n) is 2.49. The summed E-state index contributed by atoms with van der Waals surface area (Å²) in [6.45, 7) is 4.27. The van der Waals surface area contributed by atoms with E-state index in [1.807, 2.05) is 6.07 Å². The van der Waals surface area contributed by atoms with Gasteiger partial charge in [0.2, 0.25) is 5.91 Å². The van der Waals surface area contributed by atoms with Crippen molar-refractivity contribution in [1.82, 2.24) is 0 Å². The number of hydrogen-bond acceptors (Lipinski definition) is 6. The van der Waals surface area contributed by atoms with Crippen LogP contribution >= 0.6 is 0 Å². The van der Waals surface area contributed by atoms with Gasteiger partial charge in [-0.15, -0.1) is 6.58 Å². The van der Waals surface area contributed by atoms with E-state index >= 15 is 0 Å². The zero-order valence-electron chi connectivity index (χ0n) is 16.9. The largest absolute Gasteiger partial charge is 0.493 e. The number of anilines is 2. The minimum absolute atomic E-state index is 0.189. The Morgan fingerprint density at radius 2 is 1.63 bits per heavy atom. The van der Waals surface area contributed by atoms with Gasteiger partial charge in [-0.25, -0.2) is 4.79 Å². The van der Waals surface area contributed by atoms with Gasteiger partial charge in [-0.1, -0.05) is 12.1 Å². The number of allylic oxidation sites excluding steroid dienone is 1. The Hall–Kier alpha value is -3.81. The van der Waals surface area contributed by atoms with E-state index in [-0.39, 0.29) is 12.5 Å². The fourth-order valence-corrected chi connectivity index (χ4v) is 2.49. The molecule has 0 radical (unpaired) electrons. The summed E-state index contributed by atoms with van der Waals surface area (Å²) in [5.41, 5.74) is 2.11. The zero-order chi connectivity index (χ0) is 21.9. The van der Waals surface area contributed by atoms with Gasteiger partial charge in [-0.3, -0.25) is 9.59 Å². The first-order chi connectivity index (χ1) is 14.4. The van der Waals surface area contributed by atoms with E-state index < -0.39 is 18.5 Å². The number of amides is 2. The molecule has 30 heavy (non-hydrogen) atoms. The van der Waals surface area contributed by atoms with E-state index in [9.17, 15) is 14.4 Å². The highest BCUT2D eigenvalue weighted by atomic mass is 16.6. The molecule has 2 rings (SSSR count). The third kappa shape index (κ3) is 7.31. The van der Waals surface area contributed by atoms with Gasteiger partial charge in [0.1, 0.15) is 0 Å². The second-order valence-corrected chi connectivity index (χ2v) is 6.23. The summed E-state index contributed by atoms with van der Waals surface area (Å²) in [6.07, 6.45) is 2.46. The minimum atomic E-state index is -0.691. The van der Waals surface area contributed by atoms with Gasteiger partial charge in [0.25, 0.3) is 5.91 Å². The fraction of sp³-hybridized carbons (Fsp3) is 0.227. The van der Waals surface area contributed by atoms with Crippen LogP contribution < -0.4 is 20.1 Å². The molecule has 2 aromatic rings. The van der Waals surface area contributed by atoms with E-state index in [2.05, 4.69) is 17.2 Å². The van der Waals surface area contributed by atoms with Crippen LogP contribution in [-0.2, 0) is 25.5 Å². The van der Waals surface area contributed by atoms with Crippen LogP contribution in [0.5, 0.6) is 11.5 Å². The molecule has 0 aliphatic heterocycles. The maximum absolute atomic E-state index is 11.9. The number of nitrogens with one attached hydrogen (secondary N) is 2. The number of methoxy groups -OCH3 is 1. The van der Waals surface area contributed by atoms with E-state index in [1.165, 1.54) is 14.0 Å². The van der Waals surface area contributed by atoms with Crippen molar-refractivity contribution in [2.75, 3.05) is 31.0 Å². The lowest BCUT2D eigenvalue weighted by molar-refractivity contribution is -0.149. The third-order valence-electron chi connectivity index (χ3n) is 3.81. The van der Waals surface area contributed by atoms with Gasteiger partial charge in [0, 0.05) is 18.3 Å². The minimum Gasteiger partial charge on any atom is -0.493 e. The first-order valence-corrected chi connectivity index (χ1v) is 9.15. The van der Waals surface area contributed by atoms with Crippen LogP contribution in [0.3, 0.4) is 0 Å². The number of benzene rings is 2. The predicted molar refractivity (Wildman–Crippen MR) is 113 cm³/mol. The number of carbonyl (C=O) groups excluding carboxylic acids is 3. The maximum atomic E-state index is 11.9. The molecule has 0 fully saturated rings. The Morgan fingerprint density at radius 3 is 2.23 bits per heavy atom. The van der Waals surface area contributed by atoms with Crippen molar-refractivity contribution in [2.24, 2.45) is 0 Å². The molecule has 158 valence electrons. The molecule has 8 nitrogen and oxygen atoms in total. The summed E-state index contributed by atoms with van der Waals surface area (Å²) in [4.78, 5) is 34.8. The normalized spacial score (nSPS) is 9.93. The lowest BCUT2D eigenvalue weighted by Gasteiger charge is -2.12. The Labute approximate surface area is 174 Å². The molecule has 2 aromatic carbocycles. The van der Waals surface area contributed by atoms with Gasteiger partial charge in [-0.05, 0) is 48.4 Å². The molecule has 0 aliphatic carbocycles. The average molecular weight is 412 g/mol. The van der Waals surface area contributed by atoms with Gasteiger partial charge in [0.15, 0.2) is 24.7 Å². The quantitative estimate of drug-likeness (QED) is 0.459. The number of hydrogen-bond donors (Lipinski definition) is 2. The van der Waals surface area contributed by atoms with Crippen LogP contribution in [0, 0.1) is 0 Å². The number of esters is 1. The molecule has 0 spiro atoms. The molecular weight excluding hydrogens is 388 g/mol. The molecule has 2 amide bonds. The molecule has 0 aromatic heterocycles. The highest BCUT2D eigenvalue weighted by Gasteiger charge is 2.11. The summed E-state index contributed by atoms with van der Waals surface area (Å²) >= 11 is 0. The van der Waals surface area contributed by atoms with Crippen LogP contribution in [0.15, 0.2) is 55.1 Å². The summed E-state index contributed by atoms with van der Waals surface area (Å²) in [6, 6.07) is 11.9. The van der Waals surface area contributed by atoms with Crippen LogP contribution in [0.25, 0.3) is 0 Å². The van der Waals surface area contributed by atoms with Crippen molar-refractivity contribution in [1.29, 1.82) is 0 Å². The van der Waals surface area contributed by atoms with Crippen molar-refractivity contribution in [3.63, 3.8) is 0 Å². The average Bonchev–Trinajstić information content (AvgIpc) is 2.72. The first kappa shape index (κ1) is 22.5. The van der Waals surface area contributed by atoms with E-state index in [4.69, 9.17) is 14.2 Å². The lowest BCUT2D eigenvalue weighted by Crippen LogP contribution is -2.23. The second-order valence-electron chi connectivity index (χ2n) is 6.23. The molecule has 0 saturated heterocycles. The molecule has 0 saturated carbocycles. The summed E-state index contributed by atoms with van der Waals surface area (Å²) in [5, 5.41) is 5.21. The van der Waals surface area contributed by atoms with Crippen molar-refractivity contribution in [2.45, 2.75) is 13.3 Å². The van der Waals surface area contributed by atoms with Crippen molar-refractivity contribution < 1.29 is 28.6 Å². The molecule has 0 bridgehead atoms. The topological polar surface area (TPSA) is 103 Å². The van der Waals surface area contributed by atoms with Crippen molar-refractivity contribution >= 4 is 29.2 Å². The van der Waals surface area contributed by atoms with Crippen molar-refractivity contribution in [3.05, 3.63) is 60.7 Å². The SMILES string of the molecule is C=CCc1ccc(OCC(=O)OCC(=O)Nc2ccc(NC(C)=O)cc2)c(OC)c1. The van der Waals surface area contributed by atoms with E-state index in [0.29, 0.717) is 29.3 Å². The smallest absolute Gasteiger partial charge is 0.344 e. The van der Waals surface area contributed by atoms with E-state index in [1.54, 1.807) is 42.5 Å². The summed E-state index contributed by atoms with van der Waals surface area (Å²) in [5.74, 6) is -0.495. The van der Waals surface area contributed by atoms with Crippen molar-refractivity contribution in [3.8, 4) is 11.5 Å². The molecular formula is C22H24N2O6. The molecule has 0 aliphatic rings. The Kier molecular flexibility index (Phi) is 8.43. The number of rotatable bonds is 10. The van der Waals surface area contributed by atoms with Gasteiger partial charge >= 0.3 is 5.97 Å². The second kappa shape index (κ2) is 11.3. The van der Waals surface area contributed by atoms with Crippen LogP contribution in [0.2, 0.25) is 0 Å². The highest BCUT2D eigenvalue weighted by molar-refractivity contribution is 5.93. The molecule has 2 N–H and O–H groups in total. The number of ether oxygens (including phenoxy) is 3. The molecule has 8 heteroatoms. The van der Waals surface area contributed by atoms with Gasteiger partial charge in [0.05, 0.1) is 7.11 Å². The standard InChI is InChI=1S/C22H24N2O6/c1-4-5-16-6-11-19(20(12-16)28-3)29-14-22(27)30-13-21(26)24-18-9-7-17(8-10-18)23-15(2)25/h4,6-12H,1,5,13-14H2,2-3H3,(H,23,25)(H,24,26). The van der Waals surface area contributed by atoms with Gasteiger partial charge < -0.3 is 24.8 Å². The summed E-state index contributed by atoms with van der Waals surface area (Å²) < 4.78 is 15.6. The predicted octanol–water partition coefficient (Wildman–Crippen LogP) is 2.94. The van der Waals surface area contributed by atoms with Crippen LogP contribution in [0.1, 0.15) is 12.5 Å². The molecule has 0 heterocycles. The van der Waals surface area contributed by atoms with Crippen LogP contribution in [0.4, 0.5) is 11.4 Å². The zero-order valence-corrected chi connectivity index (χ0v) is 16.9. The highest BCUT2D eigenvalue weighted by Crippen LogP contribution is 2.28. The Balaban J connectivity index is 1.78. The molecule has 0 atom stereocenters. The Morgan fingerprint density at radius 1 is 0.967 bits per heavy atom. The lowest BCUT2D eigenvalue weighted by atomic mass is 10.1. The summed E-state index contributed by atoms with van der Waals surface area (Å²) in [7, 11) is 1.51. The first-order valence-electron chi connectivity index (χ1n) is 9.15. The third-order valence-corrected chi connectivity index (χ3v) is 3.81. The van der Waals surface area contributed by atoms with Crippen LogP contribution in [-0.4, -0.2) is 38.1 Å². The monoisotopic (exact) mass is 412 g/mol. The number of carbonyl (C=O) groups is 3. The maximum Gasteiger partial charge on any atom is 0.344 e. The molecule has 0 unspecified atom stereocenters. The van der Waals surface area contributed by atoms with Gasteiger partial charge in [-0.2, -0.15) is 0 Å².